The number of hydrogen-bond donors (Lipinski definition) is 2. The Hall–Kier alpha value is -2.84. The molecule has 0 bridgehead atoms. The standard InChI is InChI=1S/C22H25ClN4O3S/c1-4-13-31(29,30)26-18-9-7-17(8-10-18)25-22(28)20-14-24-27(21(20)15(2)3)19-11-5-16(23)6-12-19/h5-12,14-15,26H,4,13H2,1-3H3,(H,25,28). The van der Waals surface area contributed by atoms with Gasteiger partial charge in [-0.05, 0) is 60.9 Å². The van der Waals surface area contributed by atoms with Crippen molar-refractivity contribution < 1.29 is 13.2 Å². The van der Waals surface area contributed by atoms with Crippen LogP contribution >= 0.6 is 11.6 Å². The van der Waals surface area contributed by atoms with Gasteiger partial charge >= 0.3 is 0 Å². The Morgan fingerprint density at radius 1 is 1.06 bits per heavy atom. The molecular formula is C22H25ClN4O3S. The molecule has 0 radical (unpaired) electrons. The van der Waals surface area contributed by atoms with E-state index in [0.29, 0.717) is 28.4 Å². The number of nitrogens with one attached hydrogen (secondary N) is 2. The molecular weight excluding hydrogens is 436 g/mol. The van der Waals surface area contributed by atoms with Crippen LogP contribution in [-0.4, -0.2) is 29.9 Å². The SMILES string of the molecule is CCCS(=O)(=O)Nc1ccc(NC(=O)c2cnn(-c3ccc(Cl)cc3)c2C(C)C)cc1. The molecule has 3 aromatic rings. The van der Waals surface area contributed by atoms with Gasteiger partial charge in [-0.1, -0.05) is 32.4 Å². The van der Waals surface area contributed by atoms with Crippen LogP contribution in [0, 0.1) is 0 Å². The van der Waals surface area contributed by atoms with Crippen LogP contribution in [0.5, 0.6) is 0 Å². The molecule has 0 fully saturated rings. The zero-order valence-electron chi connectivity index (χ0n) is 17.6. The number of sulfonamides is 1. The first-order valence-electron chi connectivity index (χ1n) is 9.96. The molecule has 1 aromatic heterocycles. The number of halogens is 1. The fourth-order valence-corrected chi connectivity index (χ4v) is 4.46. The van der Waals surface area contributed by atoms with E-state index in [1.807, 2.05) is 26.0 Å². The minimum Gasteiger partial charge on any atom is -0.322 e. The topological polar surface area (TPSA) is 93.1 Å². The van der Waals surface area contributed by atoms with E-state index in [1.54, 1.807) is 54.2 Å². The molecule has 9 heteroatoms. The lowest BCUT2D eigenvalue weighted by Gasteiger charge is -2.13. The van der Waals surface area contributed by atoms with Crippen LogP contribution < -0.4 is 10.0 Å². The maximum absolute atomic E-state index is 12.9. The number of rotatable bonds is 8. The average molecular weight is 461 g/mol. The Bertz CT molecular complexity index is 1150. The number of carbonyl (C=O) groups excluding carboxylic acids is 1. The summed E-state index contributed by atoms with van der Waals surface area (Å²) in [5.41, 5.74) is 3.07. The van der Waals surface area contributed by atoms with Crippen molar-refractivity contribution in [3.63, 3.8) is 0 Å². The zero-order valence-corrected chi connectivity index (χ0v) is 19.2. The lowest BCUT2D eigenvalue weighted by atomic mass is 10.0. The molecule has 3 rings (SSSR count). The zero-order chi connectivity index (χ0) is 22.6. The maximum Gasteiger partial charge on any atom is 0.259 e. The molecule has 0 saturated heterocycles. The first-order chi connectivity index (χ1) is 14.7. The van der Waals surface area contributed by atoms with Crippen LogP contribution in [0.15, 0.2) is 54.7 Å². The molecule has 0 unspecified atom stereocenters. The summed E-state index contributed by atoms with van der Waals surface area (Å²) in [5, 5.41) is 7.89. The second-order valence-electron chi connectivity index (χ2n) is 7.44. The summed E-state index contributed by atoms with van der Waals surface area (Å²) in [5.74, 6) is -0.182. The molecule has 0 saturated carbocycles. The van der Waals surface area contributed by atoms with Crippen molar-refractivity contribution in [1.29, 1.82) is 0 Å². The van der Waals surface area contributed by atoms with Crippen LogP contribution in [0.1, 0.15) is 49.2 Å². The summed E-state index contributed by atoms with van der Waals surface area (Å²) in [6.07, 6.45) is 2.08. The van der Waals surface area contributed by atoms with Gasteiger partial charge in [-0.15, -0.1) is 0 Å². The third-order valence-corrected chi connectivity index (χ3v) is 6.30. The number of nitrogens with zero attached hydrogens (tertiary/aromatic N) is 2. The van der Waals surface area contributed by atoms with Crippen molar-refractivity contribution >= 4 is 38.9 Å². The van der Waals surface area contributed by atoms with E-state index in [4.69, 9.17) is 11.6 Å². The largest absolute Gasteiger partial charge is 0.322 e. The van der Waals surface area contributed by atoms with Crippen molar-refractivity contribution in [2.24, 2.45) is 0 Å². The Morgan fingerprint density at radius 2 is 1.68 bits per heavy atom. The third kappa shape index (κ3) is 5.65. The quantitative estimate of drug-likeness (QED) is 0.491. The minimum atomic E-state index is -3.36. The molecule has 0 aliphatic rings. The maximum atomic E-state index is 12.9. The van der Waals surface area contributed by atoms with Gasteiger partial charge in [0.1, 0.15) is 0 Å². The Kier molecular flexibility index (Phi) is 7.02. The summed E-state index contributed by atoms with van der Waals surface area (Å²) in [4.78, 5) is 12.9. The number of amides is 1. The van der Waals surface area contributed by atoms with Crippen molar-refractivity contribution in [3.05, 3.63) is 71.0 Å². The summed E-state index contributed by atoms with van der Waals surface area (Å²) in [6.45, 7) is 5.80. The van der Waals surface area contributed by atoms with E-state index in [2.05, 4.69) is 15.1 Å². The number of carbonyl (C=O) groups is 1. The highest BCUT2D eigenvalue weighted by molar-refractivity contribution is 7.92. The number of hydrogen-bond acceptors (Lipinski definition) is 4. The molecule has 2 N–H and O–H groups in total. The number of benzene rings is 2. The van der Waals surface area contributed by atoms with Crippen LogP contribution in [0.4, 0.5) is 11.4 Å². The molecule has 7 nitrogen and oxygen atoms in total. The lowest BCUT2D eigenvalue weighted by Crippen LogP contribution is -2.17. The second-order valence-corrected chi connectivity index (χ2v) is 9.72. The number of anilines is 2. The molecule has 164 valence electrons. The van der Waals surface area contributed by atoms with Crippen LogP contribution in [0.3, 0.4) is 0 Å². The van der Waals surface area contributed by atoms with Gasteiger partial charge in [-0.2, -0.15) is 5.10 Å². The summed E-state index contributed by atoms with van der Waals surface area (Å²) in [7, 11) is -3.36. The first-order valence-corrected chi connectivity index (χ1v) is 12.0. The van der Waals surface area contributed by atoms with E-state index < -0.39 is 10.0 Å². The van der Waals surface area contributed by atoms with Gasteiger partial charge in [-0.3, -0.25) is 9.52 Å². The molecule has 0 aliphatic heterocycles. The van der Waals surface area contributed by atoms with Gasteiger partial charge < -0.3 is 5.32 Å². The number of aromatic nitrogens is 2. The second kappa shape index (κ2) is 9.53. The molecule has 1 amide bonds. The molecule has 0 aliphatic carbocycles. The van der Waals surface area contributed by atoms with Crippen LogP contribution in [0.2, 0.25) is 5.02 Å². The molecule has 1 heterocycles. The van der Waals surface area contributed by atoms with Gasteiger partial charge in [0.2, 0.25) is 10.0 Å². The van der Waals surface area contributed by atoms with Gasteiger partial charge in [-0.25, -0.2) is 13.1 Å². The Balaban J connectivity index is 1.80. The fraction of sp³-hybridized carbons (Fsp3) is 0.273. The van der Waals surface area contributed by atoms with E-state index in [-0.39, 0.29) is 17.6 Å². The molecule has 0 spiro atoms. The fourth-order valence-electron chi connectivity index (χ4n) is 3.20. The van der Waals surface area contributed by atoms with Crippen molar-refractivity contribution in [2.75, 3.05) is 15.8 Å². The molecule has 2 aromatic carbocycles. The highest BCUT2D eigenvalue weighted by atomic mass is 35.5. The van der Waals surface area contributed by atoms with Gasteiger partial charge in [0.15, 0.2) is 0 Å². The Morgan fingerprint density at radius 3 is 2.26 bits per heavy atom. The monoisotopic (exact) mass is 460 g/mol. The van der Waals surface area contributed by atoms with Gasteiger partial charge in [0, 0.05) is 16.4 Å². The van der Waals surface area contributed by atoms with Gasteiger partial charge in [0.05, 0.1) is 28.9 Å². The van der Waals surface area contributed by atoms with Gasteiger partial charge in [0.25, 0.3) is 5.91 Å². The Labute approximate surface area is 187 Å². The van der Waals surface area contributed by atoms with Crippen molar-refractivity contribution in [2.45, 2.75) is 33.1 Å². The van der Waals surface area contributed by atoms with E-state index in [9.17, 15) is 13.2 Å². The van der Waals surface area contributed by atoms with E-state index in [0.717, 1.165) is 11.4 Å². The predicted molar refractivity (Wildman–Crippen MR) is 125 cm³/mol. The lowest BCUT2D eigenvalue weighted by molar-refractivity contribution is 0.102. The highest BCUT2D eigenvalue weighted by Crippen LogP contribution is 2.25. The van der Waals surface area contributed by atoms with Crippen molar-refractivity contribution in [3.8, 4) is 5.69 Å². The van der Waals surface area contributed by atoms with Crippen LogP contribution in [-0.2, 0) is 10.0 Å². The van der Waals surface area contributed by atoms with E-state index >= 15 is 0 Å². The summed E-state index contributed by atoms with van der Waals surface area (Å²) < 4.78 is 28.0. The molecule has 31 heavy (non-hydrogen) atoms. The predicted octanol–water partition coefficient (Wildman–Crippen LogP) is 5.05. The first kappa shape index (κ1) is 22.8. The smallest absolute Gasteiger partial charge is 0.259 e. The normalized spacial score (nSPS) is 11.5. The van der Waals surface area contributed by atoms with E-state index in [1.165, 1.54) is 0 Å². The third-order valence-electron chi connectivity index (χ3n) is 4.56. The summed E-state index contributed by atoms with van der Waals surface area (Å²) in [6, 6.07) is 13.8. The van der Waals surface area contributed by atoms with Crippen LogP contribution in [0.25, 0.3) is 5.69 Å². The minimum absolute atomic E-state index is 0.0503. The highest BCUT2D eigenvalue weighted by Gasteiger charge is 2.21. The van der Waals surface area contributed by atoms with Crippen molar-refractivity contribution in [1.82, 2.24) is 9.78 Å². The summed E-state index contributed by atoms with van der Waals surface area (Å²) >= 11 is 5.98. The molecule has 0 atom stereocenters. The average Bonchev–Trinajstić information content (AvgIpc) is 3.15.